The van der Waals surface area contributed by atoms with Gasteiger partial charge < -0.3 is 4.90 Å². The van der Waals surface area contributed by atoms with Gasteiger partial charge in [0, 0.05) is 28.4 Å². The van der Waals surface area contributed by atoms with Crippen molar-refractivity contribution < 1.29 is 13.0 Å². The summed E-state index contributed by atoms with van der Waals surface area (Å²) in [7, 11) is -3.97. The zero-order chi connectivity index (χ0) is 20.5. The number of hydrogen-bond acceptors (Lipinski definition) is 3. The monoisotopic (exact) mass is 421 g/mol. The number of hydrogen-bond donors (Lipinski definition) is 1. The number of anilines is 1. The highest BCUT2D eigenvalue weighted by Crippen LogP contribution is 2.48. The molecular weight excluding hydrogens is 394 g/mol. The van der Waals surface area contributed by atoms with Gasteiger partial charge in [-0.05, 0) is 61.5 Å². The molecule has 2 aliphatic rings. The zero-order valence-corrected chi connectivity index (χ0v) is 18.3. The summed E-state index contributed by atoms with van der Waals surface area (Å²) in [6, 6.07) is 8.23. The van der Waals surface area contributed by atoms with E-state index in [2.05, 4.69) is 43.0 Å². The van der Waals surface area contributed by atoms with Crippen molar-refractivity contribution in [1.82, 2.24) is 0 Å². The van der Waals surface area contributed by atoms with E-state index in [4.69, 9.17) is 16.2 Å². The fourth-order valence-electron chi connectivity index (χ4n) is 4.21. The summed E-state index contributed by atoms with van der Waals surface area (Å²) in [5.74, 6) is -0.244. The maximum atomic E-state index is 11.2. The molecule has 0 amide bonds. The van der Waals surface area contributed by atoms with Crippen molar-refractivity contribution in [1.29, 1.82) is 0 Å². The third-order valence-corrected chi connectivity index (χ3v) is 6.99. The molecule has 0 fully saturated rings. The summed E-state index contributed by atoms with van der Waals surface area (Å²) in [4.78, 5) is 2.18. The predicted octanol–water partition coefficient (Wildman–Crippen LogP) is 5.57. The fraction of sp³-hybridized carbons (Fsp3) is 0.455. The van der Waals surface area contributed by atoms with Crippen LogP contribution in [-0.2, 0) is 15.5 Å². The Labute approximate surface area is 173 Å². The van der Waals surface area contributed by atoms with Gasteiger partial charge in [0.2, 0.25) is 0 Å². The van der Waals surface area contributed by atoms with Gasteiger partial charge in [-0.3, -0.25) is 4.55 Å². The molecule has 6 heteroatoms. The topological polar surface area (TPSA) is 57.6 Å². The molecule has 1 heterocycles. The molecule has 1 N–H and O–H groups in total. The second-order valence-electron chi connectivity index (χ2n) is 7.97. The first-order chi connectivity index (χ1) is 13.1. The van der Waals surface area contributed by atoms with Gasteiger partial charge in [0.15, 0.2) is 0 Å². The van der Waals surface area contributed by atoms with Crippen molar-refractivity contribution in [3.63, 3.8) is 0 Å². The van der Waals surface area contributed by atoms with E-state index in [0.717, 1.165) is 41.3 Å². The SMILES string of the molecule is CC=C1CCCC(/C=C2\N(CCCS(=O)(=O)O)c3ccccc3C2(C)C)=C1Cl. The van der Waals surface area contributed by atoms with Crippen LogP contribution in [0.25, 0.3) is 0 Å². The molecule has 4 nitrogen and oxygen atoms in total. The lowest BCUT2D eigenvalue weighted by atomic mass is 9.82. The molecule has 3 rings (SSSR count). The van der Waals surface area contributed by atoms with E-state index >= 15 is 0 Å². The lowest BCUT2D eigenvalue weighted by molar-refractivity contribution is 0.481. The van der Waals surface area contributed by atoms with Crippen molar-refractivity contribution in [3.8, 4) is 0 Å². The Morgan fingerprint density at radius 3 is 2.64 bits per heavy atom. The first-order valence-corrected chi connectivity index (χ1v) is 11.7. The number of para-hydroxylation sites is 1. The molecule has 0 spiro atoms. The smallest absolute Gasteiger partial charge is 0.264 e. The Hall–Kier alpha value is -1.56. The first kappa shape index (κ1) is 21.2. The average molecular weight is 422 g/mol. The average Bonchev–Trinajstić information content (AvgIpc) is 2.84. The van der Waals surface area contributed by atoms with Crippen LogP contribution >= 0.6 is 11.6 Å². The molecule has 0 atom stereocenters. The van der Waals surface area contributed by atoms with Crippen LogP contribution in [0.1, 0.15) is 52.0 Å². The Morgan fingerprint density at radius 2 is 1.96 bits per heavy atom. The normalized spacial score (nSPS) is 22.2. The third kappa shape index (κ3) is 4.22. The van der Waals surface area contributed by atoms with E-state index in [1.54, 1.807) is 0 Å². The van der Waals surface area contributed by atoms with Gasteiger partial charge in [-0.25, -0.2) is 0 Å². The lowest BCUT2D eigenvalue weighted by Crippen LogP contribution is -2.28. The minimum atomic E-state index is -3.97. The van der Waals surface area contributed by atoms with Crippen LogP contribution in [0, 0.1) is 0 Å². The van der Waals surface area contributed by atoms with E-state index in [1.165, 1.54) is 11.1 Å². The molecule has 0 bridgehead atoms. The third-order valence-electron chi connectivity index (χ3n) is 5.70. The molecule has 0 radical (unpaired) electrons. The summed E-state index contributed by atoms with van der Waals surface area (Å²) in [6.07, 6.45) is 7.64. The summed E-state index contributed by atoms with van der Waals surface area (Å²) in [5.41, 5.74) is 5.53. The summed E-state index contributed by atoms with van der Waals surface area (Å²) < 4.78 is 31.5. The quantitative estimate of drug-likeness (QED) is 0.631. The van der Waals surface area contributed by atoms with E-state index < -0.39 is 10.1 Å². The number of fused-ring (bicyclic) bond motifs is 1. The standard InChI is InChI=1S/C22H28ClNO3S/c1-4-16-9-7-10-17(21(16)23)15-20-22(2,3)18-11-5-6-12-19(18)24(20)13-8-14-28(25,26)27/h4-6,11-12,15H,7-10,13-14H2,1-3H3,(H,25,26,27)/b16-4?,20-15-. The fourth-order valence-corrected chi connectivity index (χ4v) is 5.06. The van der Waals surface area contributed by atoms with Crippen LogP contribution in [0.2, 0.25) is 0 Å². The molecule has 1 aliphatic heterocycles. The summed E-state index contributed by atoms with van der Waals surface area (Å²) in [5, 5.41) is 0.839. The summed E-state index contributed by atoms with van der Waals surface area (Å²) in [6.45, 7) is 6.92. The molecule has 28 heavy (non-hydrogen) atoms. The van der Waals surface area contributed by atoms with Gasteiger partial charge in [0.1, 0.15) is 0 Å². The highest BCUT2D eigenvalue weighted by Gasteiger charge is 2.40. The molecule has 1 aromatic carbocycles. The van der Waals surface area contributed by atoms with Crippen molar-refractivity contribution in [2.75, 3.05) is 17.2 Å². The van der Waals surface area contributed by atoms with Gasteiger partial charge in [-0.2, -0.15) is 8.42 Å². The maximum absolute atomic E-state index is 11.2. The van der Waals surface area contributed by atoms with Crippen molar-refractivity contribution in [2.45, 2.75) is 51.9 Å². The summed E-state index contributed by atoms with van der Waals surface area (Å²) >= 11 is 6.68. The zero-order valence-electron chi connectivity index (χ0n) is 16.7. The predicted molar refractivity (Wildman–Crippen MR) is 116 cm³/mol. The van der Waals surface area contributed by atoms with Gasteiger partial charge in [-0.1, -0.05) is 49.7 Å². The van der Waals surface area contributed by atoms with Crippen LogP contribution in [0.15, 0.2) is 58.3 Å². The van der Waals surface area contributed by atoms with Crippen molar-refractivity contribution in [3.05, 3.63) is 63.9 Å². The Balaban J connectivity index is 2.04. The molecule has 152 valence electrons. The van der Waals surface area contributed by atoms with E-state index in [0.29, 0.717) is 13.0 Å². The van der Waals surface area contributed by atoms with Crippen LogP contribution in [0.4, 0.5) is 5.69 Å². The van der Waals surface area contributed by atoms with Crippen LogP contribution < -0.4 is 4.90 Å². The second-order valence-corrected chi connectivity index (χ2v) is 9.92. The van der Waals surface area contributed by atoms with E-state index in [9.17, 15) is 8.42 Å². The highest BCUT2D eigenvalue weighted by atomic mass is 35.5. The van der Waals surface area contributed by atoms with Gasteiger partial charge in [-0.15, -0.1) is 0 Å². The molecule has 0 saturated heterocycles. The Morgan fingerprint density at radius 1 is 1.25 bits per heavy atom. The second kappa shape index (κ2) is 8.05. The molecule has 0 saturated carbocycles. The van der Waals surface area contributed by atoms with Gasteiger partial charge in [0.05, 0.1) is 5.75 Å². The molecular formula is C22H28ClNO3S. The van der Waals surface area contributed by atoms with Gasteiger partial charge in [0.25, 0.3) is 10.1 Å². The molecule has 0 unspecified atom stereocenters. The number of allylic oxidation sites excluding steroid dienone is 6. The Bertz CT molecular complexity index is 958. The minimum absolute atomic E-state index is 0.216. The number of halogens is 1. The molecule has 1 aromatic rings. The first-order valence-electron chi connectivity index (χ1n) is 9.73. The van der Waals surface area contributed by atoms with E-state index in [-0.39, 0.29) is 11.2 Å². The van der Waals surface area contributed by atoms with Crippen LogP contribution in [-0.4, -0.2) is 25.3 Å². The van der Waals surface area contributed by atoms with Crippen LogP contribution in [0.5, 0.6) is 0 Å². The van der Waals surface area contributed by atoms with Gasteiger partial charge >= 0.3 is 0 Å². The molecule has 0 aromatic heterocycles. The van der Waals surface area contributed by atoms with Crippen LogP contribution in [0.3, 0.4) is 0 Å². The maximum Gasteiger partial charge on any atom is 0.264 e. The lowest BCUT2D eigenvalue weighted by Gasteiger charge is -2.28. The van der Waals surface area contributed by atoms with Crippen molar-refractivity contribution >= 4 is 27.4 Å². The number of rotatable bonds is 5. The largest absolute Gasteiger partial charge is 0.344 e. The highest BCUT2D eigenvalue weighted by molar-refractivity contribution is 7.85. The minimum Gasteiger partial charge on any atom is -0.344 e. The number of nitrogens with zero attached hydrogens (tertiary/aromatic N) is 1. The van der Waals surface area contributed by atoms with Crippen molar-refractivity contribution in [2.24, 2.45) is 0 Å². The Kier molecular flexibility index (Phi) is 6.08. The number of benzene rings is 1. The molecule has 1 aliphatic carbocycles. The van der Waals surface area contributed by atoms with E-state index in [1.807, 2.05) is 19.1 Å².